The van der Waals surface area contributed by atoms with Gasteiger partial charge in [0, 0.05) is 11.1 Å². The van der Waals surface area contributed by atoms with E-state index < -0.39 is 27.1 Å². The second-order valence-electron chi connectivity index (χ2n) is 8.91. The number of methoxy groups -OCH3 is 1. The van der Waals surface area contributed by atoms with Crippen LogP contribution in [0.15, 0.2) is 101 Å². The molecule has 1 heterocycles. The first-order valence-corrected chi connectivity index (χ1v) is 14.6. The Bertz CT molecular complexity index is 1730. The number of amides is 1. The number of benzene rings is 4. The molecule has 1 amide bonds. The average Bonchev–Trinajstić information content (AvgIpc) is 3.41. The van der Waals surface area contributed by atoms with E-state index >= 15 is 0 Å². The van der Waals surface area contributed by atoms with Crippen molar-refractivity contribution < 1.29 is 32.2 Å². The lowest BCUT2D eigenvalue weighted by Crippen LogP contribution is -2.26. The molecule has 1 aliphatic heterocycles. The van der Waals surface area contributed by atoms with Crippen LogP contribution in [0.4, 0.5) is 4.39 Å². The van der Waals surface area contributed by atoms with E-state index in [0.717, 1.165) is 0 Å². The van der Waals surface area contributed by atoms with Crippen LogP contribution in [0, 0.1) is 5.82 Å². The molecule has 0 spiro atoms. The Morgan fingerprint density at radius 1 is 1.02 bits per heavy atom. The van der Waals surface area contributed by atoms with Crippen LogP contribution in [-0.2, 0) is 16.6 Å². The van der Waals surface area contributed by atoms with Crippen molar-refractivity contribution in [3.63, 3.8) is 0 Å². The summed E-state index contributed by atoms with van der Waals surface area (Å²) in [5.41, 5.74) is 1.95. The summed E-state index contributed by atoms with van der Waals surface area (Å²) in [6.45, 7) is 0.0976. The van der Waals surface area contributed by atoms with Gasteiger partial charge in [-0.3, -0.25) is 4.79 Å². The Hall–Kier alpha value is -4.39. The molecular formula is C29H24FN3O6S2. The maximum Gasteiger partial charge on any atom is 0.279 e. The molecule has 9 nitrogen and oxygen atoms in total. The number of ether oxygens (including phenoxy) is 2. The monoisotopic (exact) mass is 593 g/mol. The number of phenols is 1. The van der Waals surface area contributed by atoms with Gasteiger partial charge in [0.25, 0.3) is 5.91 Å². The first kappa shape index (κ1) is 28.1. The van der Waals surface area contributed by atoms with Crippen LogP contribution in [0.5, 0.6) is 17.2 Å². The molecule has 3 N–H and O–H groups in total. The number of para-hydroxylation sites is 2. The van der Waals surface area contributed by atoms with Gasteiger partial charge < -0.3 is 14.6 Å². The number of carbonyl (C=O) groups excluding carboxylic acids is 1. The zero-order chi connectivity index (χ0) is 29.1. The van der Waals surface area contributed by atoms with E-state index in [-0.39, 0.29) is 22.8 Å². The number of primary sulfonamides is 1. The number of halogens is 1. The number of thioether (sulfide) groups is 1. The highest BCUT2D eigenvalue weighted by molar-refractivity contribution is 8.14. The molecule has 12 heteroatoms. The zero-order valence-corrected chi connectivity index (χ0v) is 23.2. The maximum absolute atomic E-state index is 13.6. The summed E-state index contributed by atoms with van der Waals surface area (Å²) in [6.07, 6.45) is 0. The molecule has 5 rings (SSSR count). The predicted octanol–water partition coefficient (Wildman–Crippen LogP) is 5.02. The third-order valence-corrected chi connectivity index (χ3v) is 8.35. The van der Waals surface area contributed by atoms with Crippen LogP contribution < -0.4 is 14.6 Å². The third-order valence-electron chi connectivity index (χ3n) is 6.20. The smallest absolute Gasteiger partial charge is 0.279 e. The second kappa shape index (κ2) is 11.6. The van der Waals surface area contributed by atoms with E-state index in [1.54, 1.807) is 54.6 Å². The first-order chi connectivity index (χ1) is 19.7. The minimum absolute atomic E-state index is 0.00902. The zero-order valence-electron chi connectivity index (χ0n) is 21.6. The minimum atomic E-state index is -3.81. The van der Waals surface area contributed by atoms with Crippen molar-refractivity contribution in [2.75, 3.05) is 7.11 Å². The topological polar surface area (TPSA) is 132 Å². The number of carbonyl (C=O) groups is 1. The molecule has 0 bridgehead atoms. The van der Waals surface area contributed by atoms with Gasteiger partial charge >= 0.3 is 0 Å². The Labute approximate surface area is 240 Å². The number of hydrogen-bond acceptors (Lipinski definition) is 8. The van der Waals surface area contributed by atoms with E-state index in [0.29, 0.717) is 33.2 Å². The second-order valence-corrected chi connectivity index (χ2v) is 11.5. The van der Waals surface area contributed by atoms with E-state index in [9.17, 15) is 22.7 Å². The number of sulfonamides is 1. The van der Waals surface area contributed by atoms with Gasteiger partial charge in [-0.2, -0.15) is 5.10 Å². The van der Waals surface area contributed by atoms with Gasteiger partial charge in [-0.1, -0.05) is 48.2 Å². The van der Waals surface area contributed by atoms with Crippen molar-refractivity contribution in [3.8, 4) is 17.2 Å². The van der Waals surface area contributed by atoms with Gasteiger partial charge in [0.2, 0.25) is 10.0 Å². The Balaban J connectivity index is 1.48. The van der Waals surface area contributed by atoms with E-state index in [1.165, 1.54) is 60.3 Å². The molecule has 0 saturated heterocycles. The summed E-state index contributed by atoms with van der Waals surface area (Å²) in [7, 11) is -2.34. The molecule has 4 aromatic carbocycles. The molecule has 0 saturated carbocycles. The molecule has 1 atom stereocenters. The molecule has 210 valence electrons. The van der Waals surface area contributed by atoms with Crippen molar-refractivity contribution in [3.05, 3.63) is 119 Å². The lowest BCUT2D eigenvalue weighted by Gasteiger charge is -2.24. The van der Waals surface area contributed by atoms with Crippen molar-refractivity contribution in [1.29, 1.82) is 0 Å². The summed E-state index contributed by atoms with van der Waals surface area (Å²) in [5.74, 6) is -0.393. The van der Waals surface area contributed by atoms with Crippen molar-refractivity contribution in [2.45, 2.75) is 16.9 Å². The average molecular weight is 594 g/mol. The summed E-state index contributed by atoms with van der Waals surface area (Å²) < 4.78 is 48.4. The predicted molar refractivity (Wildman–Crippen MR) is 153 cm³/mol. The number of nitrogens with two attached hydrogens (primary N) is 1. The van der Waals surface area contributed by atoms with Crippen molar-refractivity contribution in [2.24, 2.45) is 10.2 Å². The lowest BCUT2D eigenvalue weighted by molar-refractivity contribution is 0.0744. The van der Waals surface area contributed by atoms with Gasteiger partial charge in [-0.25, -0.2) is 23.0 Å². The standard InChI is InChI=1S/C29H24FN3O6S2/c1-38-26-23(6-4-8-25(26)39-17-18-9-15-21(16-10-18)41(31,36)37)29-33(28(35)22-5-2-3-7-24(22)34)32-27(40-29)19-11-13-20(30)14-12-19/h2-16,29,34H,17H2,1H3,(H2,31,36,37). The fourth-order valence-electron chi connectivity index (χ4n) is 4.17. The van der Waals surface area contributed by atoms with E-state index in [1.807, 2.05) is 0 Å². The van der Waals surface area contributed by atoms with Crippen LogP contribution in [0.2, 0.25) is 0 Å². The van der Waals surface area contributed by atoms with Gasteiger partial charge in [0.1, 0.15) is 28.6 Å². The fraction of sp³-hybridized carbons (Fsp3) is 0.103. The van der Waals surface area contributed by atoms with Crippen LogP contribution in [-0.4, -0.2) is 36.6 Å². The van der Waals surface area contributed by atoms with Crippen LogP contribution in [0.25, 0.3) is 0 Å². The molecule has 1 unspecified atom stereocenters. The van der Waals surface area contributed by atoms with E-state index in [4.69, 9.17) is 14.6 Å². The normalized spacial score (nSPS) is 15.0. The van der Waals surface area contributed by atoms with Crippen LogP contribution in [0.1, 0.15) is 32.4 Å². The number of hydrogen-bond donors (Lipinski definition) is 2. The lowest BCUT2D eigenvalue weighted by atomic mass is 10.1. The van der Waals surface area contributed by atoms with Crippen molar-refractivity contribution >= 4 is 32.7 Å². The number of phenolic OH excluding ortho intramolecular Hbond substituents is 1. The number of hydrazone groups is 1. The third kappa shape index (κ3) is 6.04. The maximum atomic E-state index is 13.6. The molecule has 0 aliphatic carbocycles. The highest BCUT2D eigenvalue weighted by atomic mass is 32.2. The molecular weight excluding hydrogens is 569 g/mol. The Morgan fingerprint density at radius 2 is 1.73 bits per heavy atom. The highest BCUT2D eigenvalue weighted by Gasteiger charge is 2.37. The summed E-state index contributed by atoms with van der Waals surface area (Å²) >= 11 is 1.26. The SMILES string of the molecule is COc1c(OCc2ccc(S(N)(=O)=O)cc2)cccc1C1SC(c2ccc(F)cc2)=NN1C(=O)c1ccccc1O. The fourth-order valence-corrected chi connectivity index (χ4v) is 5.86. The van der Waals surface area contributed by atoms with Crippen molar-refractivity contribution in [1.82, 2.24) is 5.01 Å². The summed E-state index contributed by atoms with van der Waals surface area (Å²) in [4.78, 5) is 13.6. The van der Waals surface area contributed by atoms with Crippen LogP contribution >= 0.6 is 11.8 Å². The Kier molecular flexibility index (Phi) is 7.97. The van der Waals surface area contributed by atoms with Gasteiger partial charge in [-0.15, -0.1) is 0 Å². The molecule has 4 aromatic rings. The summed E-state index contributed by atoms with van der Waals surface area (Å²) in [6, 6.07) is 23.2. The quantitative estimate of drug-likeness (QED) is 0.293. The molecule has 1 aliphatic rings. The number of aromatic hydroxyl groups is 1. The highest BCUT2D eigenvalue weighted by Crippen LogP contribution is 2.48. The molecule has 0 radical (unpaired) electrons. The molecule has 41 heavy (non-hydrogen) atoms. The largest absolute Gasteiger partial charge is 0.507 e. The Morgan fingerprint density at radius 3 is 2.39 bits per heavy atom. The molecule has 0 aromatic heterocycles. The summed E-state index contributed by atoms with van der Waals surface area (Å²) in [5, 5.41) is 21.1. The van der Waals surface area contributed by atoms with Gasteiger partial charge in [-0.05, 0) is 60.2 Å². The van der Waals surface area contributed by atoms with Gasteiger partial charge in [0.15, 0.2) is 11.5 Å². The number of nitrogens with zero attached hydrogens (tertiary/aromatic N) is 2. The number of rotatable bonds is 8. The molecule has 0 fully saturated rings. The minimum Gasteiger partial charge on any atom is -0.507 e. The van der Waals surface area contributed by atoms with Crippen LogP contribution in [0.3, 0.4) is 0 Å². The van der Waals surface area contributed by atoms with Gasteiger partial charge in [0.05, 0.1) is 17.6 Å². The first-order valence-electron chi connectivity index (χ1n) is 12.2. The van der Waals surface area contributed by atoms with E-state index in [2.05, 4.69) is 5.10 Å².